The Labute approximate surface area is 177 Å². The molecule has 0 spiro atoms. The van der Waals surface area contributed by atoms with Gasteiger partial charge in [0.1, 0.15) is 12.1 Å². The van der Waals surface area contributed by atoms with Gasteiger partial charge in [-0.1, -0.05) is 0 Å². The third-order valence-corrected chi connectivity index (χ3v) is 5.31. The van der Waals surface area contributed by atoms with Crippen LogP contribution in [0.3, 0.4) is 0 Å². The summed E-state index contributed by atoms with van der Waals surface area (Å²) in [6, 6.07) is 9.33. The van der Waals surface area contributed by atoms with Gasteiger partial charge in [0.2, 0.25) is 5.91 Å². The molecule has 2 amide bonds. The van der Waals surface area contributed by atoms with Crippen LogP contribution in [0.1, 0.15) is 28.9 Å². The van der Waals surface area contributed by atoms with E-state index in [1.165, 1.54) is 24.7 Å². The van der Waals surface area contributed by atoms with Crippen LogP contribution in [0.15, 0.2) is 53.3 Å². The van der Waals surface area contributed by atoms with Crippen molar-refractivity contribution in [2.75, 3.05) is 18.4 Å². The topological polar surface area (TPSA) is 124 Å². The van der Waals surface area contributed by atoms with Gasteiger partial charge in [0.25, 0.3) is 11.6 Å². The van der Waals surface area contributed by atoms with Crippen LogP contribution in [0.4, 0.5) is 11.5 Å². The van der Waals surface area contributed by atoms with Crippen LogP contribution in [0, 0.1) is 23.0 Å². The highest BCUT2D eigenvalue weighted by Gasteiger charge is 2.29. The number of aryl methyl sites for hydroxylation is 1. The van der Waals surface area contributed by atoms with Gasteiger partial charge in [0.05, 0.1) is 28.1 Å². The smallest absolute Gasteiger partial charge is 0.269 e. The van der Waals surface area contributed by atoms with E-state index >= 15 is 0 Å². The van der Waals surface area contributed by atoms with E-state index in [1.54, 1.807) is 40.8 Å². The van der Waals surface area contributed by atoms with Gasteiger partial charge in [0.15, 0.2) is 0 Å². The molecule has 1 fully saturated rings. The Kier molecular flexibility index (Phi) is 5.52. The molecule has 10 heteroatoms. The number of hydrogen-bond donors (Lipinski definition) is 1. The molecule has 3 aromatic rings. The van der Waals surface area contributed by atoms with Crippen LogP contribution in [0.5, 0.6) is 0 Å². The molecule has 4 rings (SSSR count). The summed E-state index contributed by atoms with van der Waals surface area (Å²) >= 11 is 0. The molecule has 1 aliphatic heterocycles. The summed E-state index contributed by atoms with van der Waals surface area (Å²) in [6.07, 6.45) is 3.99. The average Bonchev–Trinajstić information content (AvgIpc) is 3.43. The predicted octanol–water partition coefficient (Wildman–Crippen LogP) is 3.17. The zero-order valence-corrected chi connectivity index (χ0v) is 16.9. The predicted molar refractivity (Wildman–Crippen MR) is 111 cm³/mol. The molecule has 0 unspecified atom stereocenters. The number of nitro groups is 1. The number of carbonyl (C=O) groups is 2. The van der Waals surface area contributed by atoms with Gasteiger partial charge in [-0.3, -0.25) is 19.7 Å². The maximum absolute atomic E-state index is 12.8. The second-order valence-corrected chi connectivity index (χ2v) is 7.42. The molecular weight excluding hydrogens is 402 g/mol. The first-order valence-electron chi connectivity index (χ1n) is 9.86. The molecule has 31 heavy (non-hydrogen) atoms. The van der Waals surface area contributed by atoms with Crippen molar-refractivity contribution in [2.45, 2.75) is 19.8 Å². The molecule has 3 heterocycles. The van der Waals surface area contributed by atoms with Crippen molar-refractivity contribution in [3.8, 4) is 5.69 Å². The summed E-state index contributed by atoms with van der Waals surface area (Å²) in [7, 11) is 0. The Hall–Kier alpha value is -3.95. The Morgan fingerprint density at radius 1 is 1.19 bits per heavy atom. The summed E-state index contributed by atoms with van der Waals surface area (Å²) < 4.78 is 6.52. The van der Waals surface area contributed by atoms with E-state index in [2.05, 4.69) is 10.4 Å². The second-order valence-electron chi connectivity index (χ2n) is 7.42. The number of nitro benzene ring substituents is 1. The van der Waals surface area contributed by atoms with Gasteiger partial charge in [0, 0.05) is 37.2 Å². The fourth-order valence-corrected chi connectivity index (χ4v) is 3.64. The van der Waals surface area contributed by atoms with Crippen LogP contribution in [0.2, 0.25) is 0 Å². The summed E-state index contributed by atoms with van der Waals surface area (Å²) in [5, 5.41) is 18.2. The first-order chi connectivity index (χ1) is 14.9. The normalized spacial score (nSPS) is 14.4. The minimum atomic E-state index is -0.468. The Morgan fingerprint density at radius 2 is 1.90 bits per heavy atom. The zero-order valence-electron chi connectivity index (χ0n) is 16.9. The number of aromatic nitrogens is 2. The van der Waals surface area contributed by atoms with E-state index in [1.807, 2.05) is 0 Å². The van der Waals surface area contributed by atoms with Crippen LogP contribution in [-0.2, 0) is 4.79 Å². The van der Waals surface area contributed by atoms with Crippen molar-refractivity contribution < 1.29 is 18.9 Å². The lowest BCUT2D eigenvalue weighted by molar-refractivity contribution is -0.384. The minimum Gasteiger partial charge on any atom is -0.472 e. The summed E-state index contributed by atoms with van der Waals surface area (Å²) in [5.74, 6) is 0.0279. The van der Waals surface area contributed by atoms with Gasteiger partial charge in [-0.25, -0.2) is 4.68 Å². The summed E-state index contributed by atoms with van der Waals surface area (Å²) in [5.41, 5.74) is 1.80. The van der Waals surface area contributed by atoms with Crippen LogP contribution >= 0.6 is 0 Å². The lowest BCUT2D eigenvalue weighted by Gasteiger charge is -2.31. The van der Waals surface area contributed by atoms with Crippen molar-refractivity contribution in [3.05, 3.63) is 70.3 Å². The van der Waals surface area contributed by atoms with Crippen LogP contribution in [-0.4, -0.2) is 44.5 Å². The number of non-ortho nitro benzene ring substituents is 1. The Bertz CT molecular complexity index is 1100. The summed E-state index contributed by atoms with van der Waals surface area (Å²) in [6.45, 7) is 2.78. The van der Waals surface area contributed by atoms with E-state index in [9.17, 15) is 19.7 Å². The lowest BCUT2D eigenvalue weighted by Crippen LogP contribution is -2.41. The molecule has 2 aromatic heterocycles. The second kappa shape index (κ2) is 8.42. The maximum atomic E-state index is 12.8. The molecule has 1 aromatic carbocycles. The summed E-state index contributed by atoms with van der Waals surface area (Å²) in [4.78, 5) is 37.4. The fraction of sp³-hybridized carbons (Fsp3) is 0.286. The molecule has 10 nitrogen and oxygen atoms in total. The molecule has 0 aliphatic carbocycles. The largest absolute Gasteiger partial charge is 0.472 e. The van der Waals surface area contributed by atoms with Gasteiger partial charge < -0.3 is 14.6 Å². The number of piperidine rings is 1. The number of hydrogen-bond acceptors (Lipinski definition) is 6. The molecule has 1 N–H and O–H groups in total. The van der Waals surface area contributed by atoms with Crippen molar-refractivity contribution in [1.82, 2.24) is 14.7 Å². The van der Waals surface area contributed by atoms with E-state index in [0.717, 1.165) is 0 Å². The number of likely N-dealkylation sites (tertiary alicyclic amines) is 1. The van der Waals surface area contributed by atoms with E-state index in [4.69, 9.17) is 4.42 Å². The number of nitrogens with zero attached hydrogens (tertiary/aromatic N) is 4. The molecule has 1 aliphatic rings. The van der Waals surface area contributed by atoms with Crippen molar-refractivity contribution in [3.63, 3.8) is 0 Å². The van der Waals surface area contributed by atoms with Crippen LogP contribution < -0.4 is 5.32 Å². The highest BCUT2D eigenvalue weighted by Crippen LogP contribution is 2.24. The van der Waals surface area contributed by atoms with Crippen molar-refractivity contribution in [1.29, 1.82) is 0 Å². The van der Waals surface area contributed by atoms with E-state index in [0.29, 0.717) is 48.7 Å². The molecule has 0 saturated carbocycles. The minimum absolute atomic E-state index is 0.0186. The molecule has 0 radical (unpaired) electrons. The third-order valence-electron chi connectivity index (χ3n) is 5.31. The van der Waals surface area contributed by atoms with Crippen molar-refractivity contribution >= 4 is 23.3 Å². The van der Waals surface area contributed by atoms with Gasteiger partial charge in [-0.2, -0.15) is 5.10 Å². The van der Waals surface area contributed by atoms with Crippen LogP contribution in [0.25, 0.3) is 5.69 Å². The Balaban J connectivity index is 1.41. The number of anilines is 1. The quantitative estimate of drug-likeness (QED) is 0.497. The fourth-order valence-electron chi connectivity index (χ4n) is 3.64. The molecule has 0 bridgehead atoms. The van der Waals surface area contributed by atoms with Crippen molar-refractivity contribution in [2.24, 2.45) is 5.92 Å². The van der Waals surface area contributed by atoms with E-state index in [-0.39, 0.29) is 23.4 Å². The molecule has 160 valence electrons. The number of rotatable bonds is 5. The molecular formula is C21H21N5O5. The first kappa shape index (κ1) is 20.3. The average molecular weight is 423 g/mol. The number of carbonyl (C=O) groups excluding carboxylic acids is 2. The standard InChI is InChI=1S/C21H21N5O5/c1-14-12-19(25(23-14)17-2-4-18(5-3-17)26(29)30)22-20(27)15-6-9-24(10-7-15)21(28)16-8-11-31-13-16/h2-5,8,11-13,15H,6-7,9-10H2,1H3,(H,22,27). The number of furan rings is 1. The SMILES string of the molecule is Cc1cc(NC(=O)C2CCN(C(=O)c3ccoc3)CC2)n(-c2ccc([N+](=O)[O-])cc2)n1. The van der Waals surface area contributed by atoms with Gasteiger partial charge in [-0.05, 0) is 38.0 Å². The number of benzene rings is 1. The third kappa shape index (κ3) is 4.32. The van der Waals surface area contributed by atoms with Gasteiger partial charge >= 0.3 is 0 Å². The van der Waals surface area contributed by atoms with E-state index < -0.39 is 4.92 Å². The highest BCUT2D eigenvalue weighted by molar-refractivity contribution is 5.95. The molecule has 0 atom stereocenters. The number of nitrogens with one attached hydrogen (secondary N) is 1. The van der Waals surface area contributed by atoms with Gasteiger partial charge in [-0.15, -0.1) is 0 Å². The lowest BCUT2D eigenvalue weighted by atomic mass is 9.95. The first-order valence-corrected chi connectivity index (χ1v) is 9.86. The molecule has 1 saturated heterocycles. The monoisotopic (exact) mass is 423 g/mol. The zero-order chi connectivity index (χ0) is 22.0. The Morgan fingerprint density at radius 3 is 2.52 bits per heavy atom. The maximum Gasteiger partial charge on any atom is 0.269 e. The number of amides is 2. The highest BCUT2D eigenvalue weighted by atomic mass is 16.6.